The number of likely N-dealkylation sites (tertiary alicyclic amines) is 1. The summed E-state index contributed by atoms with van der Waals surface area (Å²) in [5.74, 6) is -0.861. The van der Waals surface area contributed by atoms with Crippen LogP contribution in [0.2, 0.25) is 5.02 Å². The highest BCUT2D eigenvalue weighted by atomic mass is 35.5. The number of nitrogens with zero attached hydrogens (tertiary/aromatic N) is 1. The van der Waals surface area contributed by atoms with Crippen LogP contribution < -0.4 is 15.6 Å². The second-order valence-electron chi connectivity index (χ2n) is 7.42. The van der Waals surface area contributed by atoms with Crippen LogP contribution in [0.3, 0.4) is 0 Å². The maximum Gasteiger partial charge on any atom is 0.269 e. The van der Waals surface area contributed by atoms with Crippen LogP contribution in [-0.4, -0.2) is 36.3 Å². The Balaban J connectivity index is 1.75. The van der Waals surface area contributed by atoms with Gasteiger partial charge in [-0.1, -0.05) is 37.1 Å². The van der Waals surface area contributed by atoms with Gasteiger partial charge in [0.15, 0.2) is 0 Å². The first-order chi connectivity index (χ1) is 14.9. The molecule has 1 fully saturated rings. The minimum atomic E-state index is -0.622. The smallest absolute Gasteiger partial charge is 0.269 e. The number of ether oxygens (including phenoxy) is 1. The fourth-order valence-electron chi connectivity index (χ4n) is 3.72. The van der Waals surface area contributed by atoms with Crippen molar-refractivity contribution in [1.82, 2.24) is 15.8 Å². The molecule has 1 aliphatic heterocycles. The van der Waals surface area contributed by atoms with Crippen LogP contribution in [0.25, 0.3) is 0 Å². The Bertz CT molecular complexity index is 931. The summed E-state index contributed by atoms with van der Waals surface area (Å²) in [6.45, 7) is 2.63. The second-order valence-corrected chi connectivity index (χ2v) is 7.86. The van der Waals surface area contributed by atoms with Crippen molar-refractivity contribution in [1.29, 1.82) is 0 Å². The Kier molecular flexibility index (Phi) is 7.52. The Labute approximate surface area is 186 Å². The molecule has 2 atom stereocenters. The zero-order chi connectivity index (χ0) is 22.4. The van der Waals surface area contributed by atoms with Crippen molar-refractivity contribution in [2.24, 2.45) is 5.92 Å². The van der Waals surface area contributed by atoms with Gasteiger partial charge in [0.2, 0.25) is 11.8 Å². The molecular formula is C23H26ClN3O4. The van der Waals surface area contributed by atoms with Crippen molar-refractivity contribution in [2.45, 2.75) is 32.2 Å². The van der Waals surface area contributed by atoms with Crippen molar-refractivity contribution in [3.63, 3.8) is 0 Å². The Morgan fingerprint density at radius 3 is 2.39 bits per heavy atom. The average Bonchev–Trinajstić information content (AvgIpc) is 3.12. The quantitative estimate of drug-likeness (QED) is 0.641. The minimum Gasteiger partial charge on any atom is -0.497 e. The molecule has 0 aromatic heterocycles. The van der Waals surface area contributed by atoms with Gasteiger partial charge in [-0.15, -0.1) is 0 Å². The predicted octanol–water partition coefficient (Wildman–Crippen LogP) is 3.50. The molecule has 8 heteroatoms. The Morgan fingerprint density at radius 2 is 1.77 bits per heavy atom. The lowest BCUT2D eigenvalue weighted by molar-refractivity contribution is -0.129. The van der Waals surface area contributed by atoms with Crippen LogP contribution in [0.5, 0.6) is 5.75 Å². The molecule has 1 aliphatic rings. The number of halogens is 1. The number of hydrogen-bond acceptors (Lipinski definition) is 4. The summed E-state index contributed by atoms with van der Waals surface area (Å²) < 4.78 is 5.22. The number of amides is 3. The molecule has 2 unspecified atom stereocenters. The highest BCUT2D eigenvalue weighted by Gasteiger charge is 2.44. The van der Waals surface area contributed by atoms with Gasteiger partial charge in [0, 0.05) is 23.6 Å². The van der Waals surface area contributed by atoms with E-state index in [9.17, 15) is 14.4 Å². The summed E-state index contributed by atoms with van der Waals surface area (Å²) in [6, 6.07) is 13.3. The van der Waals surface area contributed by atoms with Crippen molar-refractivity contribution in [3.8, 4) is 5.75 Å². The van der Waals surface area contributed by atoms with E-state index in [1.165, 1.54) is 0 Å². The van der Waals surface area contributed by atoms with Gasteiger partial charge >= 0.3 is 0 Å². The van der Waals surface area contributed by atoms with Crippen molar-refractivity contribution >= 4 is 29.3 Å². The highest BCUT2D eigenvalue weighted by Crippen LogP contribution is 2.39. The van der Waals surface area contributed by atoms with Gasteiger partial charge in [0.05, 0.1) is 19.1 Å². The number of carbonyl (C=O) groups is 3. The van der Waals surface area contributed by atoms with Crippen LogP contribution >= 0.6 is 11.6 Å². The molecule has 0 aliphatic carbocycles. The maximum atomic E-state index is 13.0. The van der Waals surface area contributed by atoms with Crippen LogP contribution in [0, 0.1) is 5.92 Å². The number of hydrazine groups is 1. The molecule has 31 heavy (non-hydrogen) atoms. The van der Waals surface area contributed by atoms with Gasteiger partial charge < -0.3 is 9.64 Å². The van der Waals surface area contributed by atoms with Gasteiger partial charge in [-0.2, -0.15) is 0 Å². The van der Waals surface area contributed by atoms with E-state index in [0.717, 1.165) is 18.4 Å². The molecule has 2 N–H and O–H groups in total. The third-order valence-corrected chi connectivity index (χ3v) is 5.64. The lowest BCUT2D eigenvalue weighted by Gasteiger charge is -2.28. The van der Waals surface area contributed by atoms with Crippen LogP contribution in [0.1, 0.15) is 48.1 Å². The van der Waals surface area contributed by atoms with Crippen molar-refractivity contribution in [2.75, 3.05) is 13.7 Å². The number of unbranched alkanes of at least 4 members (excludes halogenated alkanes) is 1. The van der Waals surface area contributed by atoms with Gasteiger partial charge in [-0.25, -0.2) is 0 Å². The summed E-state index contributed by atoms with van der Waals surface area (Å²) in [5.41, 5.74) is 6.13. The summed E-state index contributed by atoms with van der Waals surface area (Å²) in [4.78, 5) is 39.7. The molecule has 2 aromatic carbocycles. The van der Waals surface area contributed by atoms with Crippen molar-refractivity contribution < 1.29 is 19.1 Å². The Morgan fingerprint density at radius 1 is 1.10 bits per heavy atom. The van der Waals surface area contributed by atoms with E-state index in [0.29, 0.717) is 22.9 Å². The van der Waals surface area contributed by atoms with Gasteiger partial charge in [0.1, 0.15) is 5.75 Å². The molecule has 0 bridgehead atoms. The van der Waals surface area contributed by atoms with E-state index in [2.05, 4.69) is 17.8 Å². The second kappa shape index (κ2) is 10.3. The molecule has 3 amide bonds. The van der Waals surface area contributed by atoms with E-state index in [1.54, 1.807) is 36.3 Å². The number of benzene rings is 2. The molecule has 1 saturated heterocycles. The molecular weight excluding hydrogens is 418 g/mol. The van der Waals surface area contributed by atoms with Crippen LogP contribution in [-0.2, 0) is 9.59 Å². The fraction of sp³-hybridized carbons (Fsp3) is 0.348. The average molecular weight is 444 g/mol. The summed E-state index contributed by atoms with van der Waals surface area (Å²) in [5, 5.41) is 0.513. The molecule has 164 valence electrons. The van der Waals surface area contributed by atoms with E-state index in [-0.39, 0.29) is 12.3 Å². The van der Waals surface area contributed by atoms with E-state index >= 15 is 0 Å². The molecule has 7 nitrogen and oxygen atoms in total. The highest BCUT2D eigenvalue weighted by molar-refractivity contribution is 6.30. The zero-order valence-corrected chi connectivity index (χ0v) is 18.3. The maximum absolute atomic E-state index is 13.0. The molecule has 1 heterocycles. The topological polar surface area (TPSA) is 87.7 Å². The molecule has 0 spiro atoms. The van der Waals surface area contributed by atoms with Crippen molar-refractivity contribution in [3.05, 3.63) is 64.7 Å². The summed E-state index contributed by atoms with van der Waals surface area (Å²) in [7, 11) is 1.58. The van der Waals surface area contributed by atoms with Gasteiger partial charge in [-0.3, -0.25) is 25.2 Å². The summed E-state index contributed by atoms with van der Waals surface area (Å²) >= 11 is 5.84. The van der Waals surface area contributed by atoms with E-state index < -0.39 is 23.8 Å². The van der Waals surface area contributed by atoms with Gasteiger partial charge in [0.25, 0.3) is 5.91 Å². The third-order valence-electron chi connectivity index (χ3n) is 5.38. The molecule has 0 saturated carbocycles. The molecule has 0 radical (unpaired) electrons. The molecule has 2 aromatic rings. The number of hydrogen-bond donors (Lipinski definition) is 2. The zero-order valence-electron chi connectivity index (χ0n) is 17.6. The van der Waals surface area contributed by atoms with Crippen LogP contribution in [0.15, 0.2) is 48.5 Å². The SMILES string of the molecule is CCCCN1C(=O)CC(C(=O)NNC(=O)c2ccc(Cl)cc2)C1c1ccc(OC)cc1. The van der Waals surface area contributed by atoms with E-state index in [4.69, 9.17) is 16.3 Å². The number of nitrogens with one attached hydrogen (secondary N) is 2. The van der Waals surface area contributed by atoms with Crippen LogP contribution in [0.4, 0.5) is 0 Å². The first kappa shape index (κ1) is 22.6. The first-order valence-corrected chi connectivity index (χ1v) is 10.6. The van der Waals surface area contributed by atoms with E-state index in [1.807, 2.05) is 24.3 Å². The first-order valence-electron chi connectivity index (χ1n) is 10.2. The molecule has 3 rings (SSSR count). The number of rotatable bonds is 7. The van der Waals surface area contributed by atoms with Gasteiger partial charge in [-0.05, 0) is 48.4 Å². The number of carbonyl (C=O) groups excluding carboxylic acids is 3. The fourth-order valence-corrected chi connectivity index (χ4v) is 3.84. The summed E-state index contributed by atoms with van der Waals surface area (Å²) in [6.07, 6.45) is 1.87. The minimum absolute atomic E-state index is 0.0709. The monoisotopic (exact) mass is 443 g/mol. The predicted molar refractivity (Wildman–Crippen MR) is 118 cm³/mol. The lowest BCUT2D eigenvalue weighted by atomic mass is 9.93. The lowest BCUT2D eigenvalue weighted by Crippen LogP contribution is -2.45. The largest absolute Gasteiger partial charge is 0.497 e. The third kappa shape index (κ3) is 5.35. The number of methoxy groups -OCH3 is 1. The normalized spacial score (nSPS) is 18.0. The Hall–Kier alpha value is -3.06. The standard InChI is InChI=1S/C23H26ClN3O4/c1-3-4-13-27-20(28)14-19(21(27)15-7-11-18(31-2)12-8-15)23(30)26-25-22(29)16-5-9-17(24)10-6-16/h5-12,19,21H,3-4,13-14H2,1-2H3,(H,25,29)(H,26,30).